The van der Waals surface area contributed by atoms with Gasteiger partial charge in [0.15, 0.2) is 5.78 Å². The molecule has 5 N–H and O–H groups in total. The number of allylic oxidation sites excluding steroid dienone is 3. The van der Waals surface area contributed by atoms with Crippen molar-refractivity contribution >= 4 is 29.1 Å². The molecular weight excluding hydrogens is 516 g/mol. The summed E-state index contributed by atoms with van der Waals surface area (Å²) in [6.45, 7) is 6.19. The summed E-state index contributed by atoms with van der Waals surface area (Å²) < 4.78 is 5.48. The molecule has 3 unspecified atom stereocenters. The smallest absolute Gasteiger partial charge is 0.410 e. The van der Waals surface area contributed by atoms with Crippen LogP contribution in [0.4, 0.5) is 4.79 Å². The summed E-state index contributed by atoms with van der Waals surface area (Å²) in [7, 11) is 0. The third-order valence-electron chi connectivity index (χ3n) is 8.26. The fourth-order valence-corrected chi connectivity index (χ4v) is 6.50. The van der Waals surface area contributed by atoms with Crippen LogP contribution in [-0.2, 0) is 20.7 Å². The van der Waals surface area contributed by atoms with E-state index in [1.54, 1.807) is 11.0 Å². The number of carbonyl (C=O) groups excluding carboxylic acids is 4. The van der Waals surface area contributed by atoms with Gasteiger partial charge >= 0.3 is 6.09 Å². The number of aromatic hydroxyl groups is 1. The molecule has 0 spiro atoms. The average Bonchev–Trinajstić information content (AvgIpc) is 2.98. The van der Waals surface area contributed by atoms with Gasteiger partial charge in [-0.2, -0.15) is 0 Å². The minimum Gasteiger partial charge on any atom is -0.512 e. The Kier molecular flexibility index (Phi) is 6.76. The van der Waals surface area contributed by atoms with Crippen LogP contribution in [0.2, 0.25) is 0 Å². The molecule has 3 atom stereocenters. The van der Waals surface area contributed by atoms with Crippen LogP contribution in [0.1, 0.15) is 67.9 Å². The van der Waals surface area contributed by atoms with Gasteiger partial charge < -0.3 is 30.7 Å². The summed E-state index contributed by atoms with van der Waals surface area (Å²) in [6.07, 6.45) is 2.28. The molecule has 0 aromatic heterocycles. The van der Waals surface area contributed by atoms with E-state index in [4.69, 9.17) is 10.5 Å². The quantitative estimate of drug-likeness (QED) is 0.430. The highest BCUT2D eigenvalue weighted by Crippen LogP contribution is 2.49. The Balaban J connectivity index is 1.49. The van der Waals surface area contributed by atoms with Gasteiger partial charge in [0, 0.05) is 31.5 Å². The zero-order valence-corrected chi connectivity index (χ0v) is 22.8. The molecular formula is C30H34N2O8. The molecule has 1 aromatic rings. The molecule has 10 nitrogen and oxygen atoms in total. The molecule has 1 heterocycles. The summed E-state index contributed by atoms with van der Waals surface area (Å²) in [5.74, 6) is -4.72. The number of benzene rings is 1. The van der Waals surface area contributed by atoms with Crippen molar-refractivity contribution < 1.29 is 39.2 Å². The number of ketones is 2. The van der Waals surface area contributed by atoms with Gasteiger partial charge in [-0.15, -0.1) is 0 Å². The maximum atomic E-state index is 13.8. The van der Waals surface area contributed by atoms with Gasteiger partial charge in [0.2, 0.25) is 5.91 Å². The van der Waals surface area contributed by atoms with E-state index in [0.29, 0.717) is 37.9 Å². The number of hydrogen-bond acceptors (Lipinski definition) is 8. The number of rotatable bonds is 2. The number of nitrogens with zero attached hydrogens (tertiary/aromatic N) is 1. The number of carbonyl (C=O) groups is 4. The lowest BCUT2D eigenvalue weighted by Gasteiger charge is -2.39. The largest absolute Gasteiger partial charge is 0.512 e. The number of fused-ring (bicyclic) bond motifs is 3. The van der Waals surface area contributed by atoms with Gasteiger partial charge in [-0.05, 0) is 74.6 Å². The van der Waals surface area contributed by atoms with Crippen LogP contribution in [0.25, 0.3) is 5.57 Å². The second kappa shape index (κ2) is 9.83. The highest BCUT2D eigenvalue weighted by atomic mass is 16.6. The van der Waals surface area contributed by atoms with Gasteiger partial charge in [0.25, 0.3) is 0 Å². The number of phenols is 1. The minimum atomic E-state index is -1.04. The summed E-state index contributed by atoms with van der Waals surface area (Å²) in [6, 6.07) is 3.22. The van der Waals surface area contributed by atoms with Crippen LogP contribution in [0.5, 0.6) is 5.75 Å². The maximum absolute atomic E-state index is 13.8. The van der Waals surface area contributed by atoms with Crippen molar-refractivity contribution in [3.63, 3.8) is 0 Å². The summed E-state index contributed by atoms with van der Waals surface area (Å²) >= 11 is 0. The lowest BCUT2D eigenvalue weighted by atomic mass is 9.64. The fraction of sp³-hybridized carbons (Fsp3) is 0.467. The number of aliphatic hydroxyl groups is 2. The van der Waals surface area contributed by atoms with Crippen LogP contribution in [-0.4, -0.2) is 62.5 Å². The van der Waals surface area contributed by atoms with Crippen LogP contribution in [0, 0.1) is 17.8 Å². The average molecular weight is 551 g/mol. The number of nitrogens with two attached hydrogens (primary N) is 1. The molecule has 1 aromatic carbocycles. The Morgan fingerprint density at radius 1 is 1.10 bits per heavy atom. The first kappa shape index (κ1) is 27.5. The van der Waals surface area contributed by atoms with Gasteiger partial charge in [0.1, 0.15) is 28.7 Å². The molecule has 40 heavy (non-hydrogen) atoms. The third kappa shape index (κ3) is 4.76. The van der Waals surface area contributed by atoms with Gasteiger partial charge in [0.05, 0.1) is 17.1 Å². The summed E-state index contributed by atoms with van der Waals surface area (Å²) in [5.41, 5.74) is 7.18. The Morgan fingerprint density at radius 3 is 2.45 bits per heavy atom. The van der Waals surface area contributed by atoms with E-state index in [9.17, 15) is 34.5 Å². The van der Waals surface area contributed by atoms with Crippen molar-refractivity contribution in [3.8, 4) is 5.75 Å². The predicted molar refractivity (Wildman–Crippen MR) is 144 cm³/mol. The fourth-order valence-electron chi connectivity index (χ4n) is 6.50. The van der Waals surface area contributed by atoms with Crippen LogP contribution in [0.3, 0.4) is 0 Å². The maximum Gasteiger partial charge on any atom is 0.410 e. The van der Waals surface area contributed by atoms with Crippen LogP contribution in [0.15, 0.2) is 40.9 Å². The van der Waals surface area contributed by atoms with Crippen LogP contribution >= 0.6 is 0 Å². The van der Waals surface area contributed by atoms with Gasteiger partial charge in [-0.1, -0.05) is 12.1 Å². The standard InChI is InChI=1S/C30H34N2O8/c1-30(2,3)40-29(39)32-8-6-14(7-9-32)17-4-5-20(33)25-18(17)11-15-10-16-12-21(34)19(28(31)38)13-22(35)23(16)26(36)24(15)27(25)37/h4-6,15-16,23,33-34,36H,7-13H2,1-3H3,(H2,31,38). The van der Waals surface area contributed by atoms with E-state index < -0.39 is 53.3 Å². The molecule has 0 radical (unpaired) electrons. The van der Waals surface area contributed by atoms with Crippen molar-refractivity contribution in [3.05, 3.63) is 57.6 Å². The van der Waals surface area contributed by atoms with E-state index in [2.05, 4.69) is 0 Å². The Hall–Kier alpha value is -4.08. The Bertz CT molecular complexity index is 1430. The first-order valence-electron chi connectivity index (χ1n) is 13.5. The van der Waals surface area contributed by atoms with Crippen molar-refractivity contribution in [1.29, 1.82) is 0 Å². The number of phenolic OH excluding ortho intramolecular Hbond substituents is 1. The van der Waals surface area contributed by atoms with E-state index in [0.717, 1.165) is 11.1 Å². The topological polar surface area (TPSA) is 167 Å². The highest BCUT2D eigenvalue weighted by Gasteiger charge is 2.48. The molecule has 0 saturated heterocycles. The number of hydrogen-bond donors (Lipinski definition) is 4. The molecule has 3 aliphatic carbocycles. The zero-order valence-electron chi connectivity index (χ0n) is 22.8. The zero-order chi connectivity index (χ0) is 29.1. The third-order valence-corrected chi connectivity index (χ3v) is 8.26. The van der Waals surface area contributed by atoms with E-state index in [-0.39, 0.29) is 40.4 Å². The minimum absolute atomic E-state index is 0.0118. The van der Waals surface area contributed by atoms with Gasteiger partial charge in [-0.25, -0.2) is 4.79 Å². The highest BCUT2D eigenvalue weighted by molar-refractivity contribution is 6.14. The molecule has 1 aliphatic heterocycles. The molecule has 10 heteroatoms. The number of ether oxygens (including phenoxy) is 1. The number of Topliss-reactive ketones (excluding diaryl/α,β-unsaturated/α-hetero) is 2. The Morgan fingerprint density at radius 2 is 1.82 bits per heavy atom. The molecule has 212 valence electrons. The lowest BCUT2D eigenvalue weighted by Crippen LogP contribution is -2.39. The number of aliphatic hydroxyl groups excluding tert-OH is 2. The SMILES string of the molecule is CC(C)(C)OC(=O)N1CC=C(c2ccc(O)c3c2CC2CC4CC(O)=C(C(N)=O)CC(=O)C4C(O)=C2C3=O)CC1. The molecule has 2 amide bonds. The number of primary amides is 1. The Labute approximate surface area is 231 Å². The summed E-state index contributed by atoms with van der Waals surface area (Å²) in [4.78, 5) is 52.8. The second-order valence-corrected chi connectivity index (χ2v) is 12.0. The van der Waals surface area contributed by atoms with Crippen LogP contribution < -0.4 is 5.73 Å². The van der Waals surface area contributed by atoms with E-state index >= 15 is 0 Å². The van der Waals surface area contributed by atoms with Gasteiger partial charge in [-0.3, -0.25) is 14.4 Å². The number of amides is 2. The first-order chi connectivity index (χ1) is 18.8. The monoisotopic (exact) mass is 550 g/mol. The molecule has 5 rings (SSSR count). The lowest BCUT2D eigenvalue weighted by molar-refractivity contribution is -0.125. The van der Waals surface area contributed by atoms with Crippen molar-refractivity contribution in [2.45, 2.75) is 58.5 Å². The molecule has 0 saturated carbocycles. The molecule has 0 fully saturated rings. The predicted octanol–water partition coefficient (Wildman–Crippen LogP) is 3.88. The second-order valence-electron chi connectivity index (χ2n) is 12.0. The first-order valence-corrected chi connectivity index (χ1v) is 13.5. The molecule has 4 aliphatic rings. The summed E-state index contributed by atoms with van der Waals surface area (Å²) in [5, 5.41) is 32.5. The van der Waals surface area contributed by atoms with E-state index in [1.807, 2.05) is 26.8 Å². The van der Waals surface area contributed by atoms with Crippen molar-refractivity contribution in [1.82, 2.24) is 4.90 Å². The van der Waals surface area contributed by atoms with Crippen molar-refractivity contribution in [2.75, 3.05) is 13.1 Å². The normalized spacial score (nSPS) is 25.0. The van der Waals surface area contributed by atoms with E-state index in [1.165, 1.54) is 6.07 Å². The van der Waals surface area contributed by atoms with Crippen molar-refractivity contribution in [2.24, 2.45) is 23.5 Å². The molecule has 0 bridgehead atoms.